The van der Waals surface area contributed by atoms with Gasteiger partial charge in [-0.05, 0) is 12.5 Å². The second kappa shape index (κ2) is 3.38. The lowest BCUT2D eigenvalue weighted by atomic mass is 10.1. The molecule has 17 heavy (non-hydrogen) atoms. The number of benzene rings is 1. The molecule has 2 aromatic heterocycles. The first-order chi connectivity index (χ1) is 8.16. The maximum Gasteiger partial charge on any atom is 0.145 e. The molecule has 0 bridgehead atoms. The number of H-pyrrole nitrogens is 1. The summed E-state index contributed by atoms with van der Waals surface area (Å²) in [5.41, 5.74) is 10.3. The molecule has 0 spiro atoms. The summed E-state index contributed by atoms with van der Waals surface area (Å²) in [5, 5.41) is 8.15. The first-order valence-electron chi connectivity index (χ1n) is 5.52. The lowest BCUT2D eigenvalue weighted by molar-refractivity contribution is 0.964. The Kier molecular flexibility index (Phi) is 1.98. The van der Waals surface area contributed by atoms with Crippen LogP contribution in [0.2, 0.25) is 0 Å². The molecule has 0 fully saturated rings. The predicted molar refractivity (Wildman–Crippen MR) is 69.7 cm³/mol. The van der Waals surface area contributed by atoms with Gasteiger partial charge < -0.3 is 10.3 Å². The van der Waals surface area contributed by atoms with E-state index in [-0.39, 0.29) is 0 Å². The smallest absolute Gasteiger partial charge is 0.145 e. The monoisotopic (exact) mass is 226 g/mol. The van der Waals surface area contributed by atoms with Crippen molar-refractivity contribution < 1.29 is 0 Å². The number of aryl methyl sites for hydroxylation is 2. The molecular weight excluding hydrogens is 212 g/mol. The molecule has 0 saturated heterocycles. The molecule has 3 rings (SSSR count). The maximum atomic E-state index is 5.65. The van der Waals surface area contributed by atoms with Crippen LogP contribution < -0.4 is 5.73 Å². The van der Waals surface area contributed by atoms with Crippen LogP contribution in [0, 0.1) is 6.92 Å². The number of anilines is 1. The zero-order valence-electron chi connectivity index (χ0n) is 9.86. The van der Waals surface area contributed by atoms with E-state index in [1.807, 2.05) is 6.07 Å². The number of nitrogens with zero attached hydrogens (tertiary/aromatic N) is 2. The molecule has 0 unspecified atom stereocenters. The van der Waals surface area contributed by atoms with E-state index in [0.717, 1.165) is 11.3 Å². The fourth-order valence-corrected chi connectivity index (χ4v) is 2.36. The molecule has 0 atom stereocenters. The minimum absolute atomic E-state index is 0.518. The fourth-order valence-electron chi connectivity index (χ4n) is 2.36. The fraction of sp³-hybridized carbons (Fsp3) is 0.154. The van der Waals surface area contributed by atoms with Crippen molar-refractivity contribution in [3.8, 4) is 11.3 Å². The van der Waals surface area contributed by atoms with Gasteiger partial charge in [-0.1, -0.05) is 18.2 Å². The van der Waals surface area contributed by atoms with E-state index in [9.17, 15) is 0 Å². The van der Waals surface area contributed by atoms with Gasteiger partial charge in [-0.25, -0.2) is 0 Å². The average molecular weight is 226 g/mol. The summed E-state index contributed by atoms with van der Waals surface area (Å²) in [6.45, 7) is 2.12. The van der Waals surface area contributed by atoms with Crippen LogP contribution >= 0.6 is 0 Å². The molecule has 1 aromatic carbocycles. The molecule has 0 aliphatic carbocycles. The highest BCUT2D eigenvalue weighted by Gasteiger charge is 2.11. The normalized spacial score (nSPS) is 11.2. The molecule has 4 heteroatoms. The number of hydrogen-bond donors (Lipinski definition) is 2. The number of hydrogen-bond acceptors (Lipinski definition) is 2. The van der Waals surface area contributed by atoms with Crippen LogP contribution in [0.5, 0.6) is 0 Å². The quantitative estimate of drug-likeness (QED) is 0.669. The third-order valence-electron chi connectivity index (χ3n) is 3.09. The highest BCUT2D eigenvalue weighted by atomic mass is 15.2. The zero-order valence-corrected chi connectivity index (χ0v) is 9.86. The van der Waals surface area contributed by atoms with Crippen LogP contribution in [0.3, 0.4) is 0 Å². The minimum atomic E-state index is 0.518. The number of aromatic amines is 1. The Bertz CT molecular complexity index is 691. The molecule has 2 heterocycles. The van der Waals surface area contributed by atoms with Crippen molar-refractivity contribution >= 4 is 16.7 Å². The Morgan fingerprint density at radius 1 is 1.35 bits per heavy atom. The lowest BCUT2D eigenvalue weighted by Crippen LogP contribution is -1.86. The van der Waals surface area contributed by atoms with Crippen molar-refractivity contribution in [1.82, 2.24) is 14.8 Å². The van der Waals surface area contributed by atoms with E-state index < -0.39 is 0 Å². The van der Waals surface area contributed by atoms with Gasteiger partial charge in [0.05, 0.1) is 11.2 Å². The molecule has 0 radical (unpaired) electrons. The van der Waals surface area contributed by atoms with Gasteiger partial charge in [0, 0.05) is 30.3 Å². The number of nitrogens with two attached hydrogens (primary N) is 1. The number of fused-ring (bicyclic) bond motifs is 1. The van der Waals surface area contributed by atoms with E-state index in [4.69, 9.17) is 5.73 Å². The van der Waals surface area contributed by atoms with Gasteiger partial charge in [-0.3, -0.25) is 5.10 Å². The van der Waals surface area contributed by atoms with E-state index in [0.29, 0.717) is 5.82 Å². The molecule has 0 amide bonds. The van der Waals surface area contributed by atoms with Gasteiger partial charge in [-0.15, -0.1) is 0 Å². The Labute approximate surface area is 99.1 Å². The molecule has 0 aliphatic rings. The van der Waals surface area contributed by atoms with Crippen molar-refractivity contribution in [2.24, 2.45) is 7.05 Å². The van der Waals surface area contributed by atoms with Gasteiger partial charge >= 0.3 is 0 Å². The van der Waals surface area contributed by atoms with Crippen LogP contribution in [0.25, 0.3) is 22.2 Å². The topological polar surface area (TPSA) is 59.6 Å². The summed E-state index contributed by atoms with van der Waals surface area (Å²) in [7, 11) is 2.05. The van der Waals surface area contributed by atoms with Gasteiger partial charge in [0.1, 0.15) is 5.82 Å². The van der Waals surface area contributed by atoms with Crippen LogP contribution in [-0.2, 0) is 7.05 Å². The summed E-state index contributed by atoms with van der Waals surface area (Å²) in [6, 6.07) is 8.17. The van der Waals surface area contributed by atoms with Gasteiger partial charge in [0.25, 0.3) is 0 Å². The molecule has 86 valence electrons. The number of rotatable bonds is 1. The average Bonchev–Trinajstić information content (AvgIpc) is 2.84. The maximum absolute atomic E-state index is 5.65. The Morgan fingerprint density at radius 2 is 2.18 bits per heavy atom. The van der Waals surface area contributed by atoms with E-state index in [1.54, 1.807) is 0 Å². The van der Waals surface area contributed by atoms with Crippen molar-refractivity contribution in [3.05, 3.63) is 36.0 Å². The Hall–Kier alpha value is -2.23. The Morgan fingerprint density at radius 3 is 2.88 bits per heavy atom. The number of para-hydroxylation sites is 1. The second-order valence-corrected chi connectivity index (χ2v) is 4.33. The highest BCUT2D eigenvalue weighted by molar-refractivity contribution is 5.97. The van der Waals surface area contributed by atoms with Crippen LogP contribution in [0.1, 0.15) is 5.56 Å². The van der Waals surface area contributed by atoms with Crippen molar-refractivity contribution in [2.45, 2.75) is 6.92 Å². The number of nitrogens with one attached hydrogen (secondary N) is 1. The number of nitrogen functional groups attached to an aromatic ring is 1. The summed E-state index contributed by atoms with van der Waals surface area (Å²) >= 11 is 0. The van der Waals surface area contributed by atoms with Crippen LogP contribution in [0.4, 0.5) is 5.82 Å². The molecular formula is C13H14N4. The summed E-state index contributed by atoms with van der Waals surface area (Å²) in [6.07, 6.45) is 2.10. The van der Waals surface area contributed by atoms with Gasteiger partial charge in [-0.2, -0.15) is 5.10 Å². The molecule has 4 nitrogen and oxygen atoms in total. The second-order valence-electron chi connectivity index (χ2n) is 4.33. The van der Waals surface area contributed by atoms with Crippen molar-refractivity contribution in [3.63, 3.8) is 0 Å². The summed E-state index contributed by atoms with van der Waals surface area (Å²) < 4.78 is 2.14. The van der Waals surface area contributed by atoms with Gasteiger partial charge in [0.15, 0.2) is 0 Å². The van der Waals surface area contributed by atoms with Crippen LogP contribution in [0.15, 0.2) is 30.5 Å². The first-order valence-corrected chi connectivity index (χ1v) is 5.52. The standard InChI is InChI=1S/C13H14N4/c1-8-4-3-5-9-10(7-17(2)13(8)9)11-6-12(14)16-15-11/h3-7H,1-2H3,(H3,14,15,16). The lowest BCUT2D eigenvalue weighted by Gasteiger charge is -1.99. The largest absolute Gasteiger partial charge is 0.382 e. The minimum Gasteiger partial charge on any atom is -0.382 e. The third-order valence-corrected chi connectivity index (χ3v) is 3.09. The first kappa shape index (κ1) is 9.96. The van der Waals surface area contributed by atoms with E-state index >= 15 is 0 Å². The predicted octanol–water partition coefficient (Wildman–Crippen LogP) is 2.46. The molecule has 0 saturated carbocycles. The molecule has 0 aliphatic heterocycles. The Balaban J connectivity index is 2.35. The zero-order chi connectivity index (χ0) is 12.0. The van der Waals surface area contributed by atoms with E-state index in [1.165, 1.54) is 16.5 Å². The number of aromatic nitrogens is 3. The van der Waals surface area contributed by atoms with Crippen molar-refractivity contribution in [1.29, 1.82) is 0 Å². The van der Waals surface area contributed by atoms with Crippen LogP contribution in [-0.4, -0.2) is 14.8 Å². The van der Waals surface area contributed by atoms with Gasteiger partial charge in [0.2, 0.25) is 0 Å². The third kappa shape index (κ3) is 1.41. The van der Waals surface area contributed by atoms with E-state index in [2.05, 4.69) is 53.1 Å². The summed E-state index contributed by atoms with van der Waals surface area (Å²) in [4.78, 5) is 0. The SMILES string of the molecule is Cc1cccc2c(-c3cc(N)n[nH]3)cn(C)c12. The summed E-state index contributed by atoms with van der Waals surface area (Å²) in [5.74, 6) is 0.518. The highest BCUT2D eigenvalue weighted by Crippen LogP contribution is 2.31. The molecule has 3 aromatic rings. The van der Waals surface area contributed by atoms with Crippen molar-refractivity contribution in [2.75, 3.05) is 5.73 Å². The molecule has 3 N–H and O–H groups in total.